The molecule has 0 amide bonds. The summed E-state index contributed by atoms with van der Waals surface area (Å²) in [6.45, 7) is 0. The van der Waals surface area contributed by atoms with Gasteiger partial charge in [0.05, 0.1) is 5.69 Å². The van der Waals surface area contributed by atoms with Gasteiger partial charge in [0, 0.05) is 54.0 Å². The molecule has 0 radical (unpaired) electrons. The number of para-hydroxylation sites is 2. The second-order valence-corrected chi connectivity index (χ2v) is 16.9. The fourth-order valence-electron chi connectivity index (χ4n) is 9.63. The highest BCUT2D eigenvalue weighted by molar-refractivity contribution is 7.26. The fraction of sp³-hybridized carbons (Fsp3) is 0.231. The number of anilines is 6. The van der Waals surface area contributed by atoms with Crippen LogP contribution in [0.25, 0.3) is 30.9 Å². The zero-order valence-electron chi connectivity index (χ0n) is 31.5. The third-order valence-corrected chi connectivity index (χ3v) is 13.5. The Bertz CT molecular complexity index is 2540. The SMILES string of the molecule is c1ccc(N(c2ccc(C3CCCCC3)cc2)c2ccc3sc4cc(N(c5ccccc5)c5ccc(C6CCCCC6)cc5)c5ccccc5c4c3c2)cc1. The van der Waals surface area contributed by atoms with Gasteiger partial charge in [-0.25, -0.2) is 0 Å². The van der Waals surface area contributed by atoms with Gasteiger partial charge in [0.25, 0.3) is 0 Å². The summed E-state index contributed by atoms with van der Waals surface area (Å²) in [5.74, 6) is 1.38. The summed E-state index contributed by atoms with van der Waals surface area (Å²) in [5, 5.41) is 5.20. The highest BCUT2D eigenvalue weighted by Gasteiger charge is 2.22. The van der Waals surface area contributed by atoms with Crippen molar-refractivity contribution in [2.24, 2.45) is 0 Å². The largest absolute Gasteiger partial charge is 0.310 e. The monoisotopic (exact) mass is 732 g/mol. The number of rotatable bonds is 8. The molecule has 0 atom stereocenters. The summed E-state index contributed by atoms with van der Waals surface area (Å²) >= 11 is 1.90. The molecule has 0 aliphatic heterocycles. The first kappa shape index (κ1) is 34.1. The molecule has 272 valence electrons. The van der Waals surface area contributed by atoms with Gasteiger partial charge in [-0.3, -0.25) is 0 Å². The van der Waals surface area contributed by atoms with Crippen LogP contribution in [0.3, 0.4) is 0 Å². The highest BCUT2D eigenvalue weighted by atomic mass is 32.1. The average molecular weight is 733 g/mol. The van der Waals surface area contributed by atoms with Gasteiger partial charge in [-0.05, 0) is 127 Å². The van der Waals surface area contributed by atoms with E-state index in [-0.39, 0.29) is 0 Å². The van der Waals surface area contributed by atoms with E-state index < -0.39 is 0 Å². The number of fused-ring (bicyclic) bond motifs is 5. The van der Waals surface area contributed by atoms with Crippen molar-refractivity contribution in [2.75, 3.05) is 9.80 Å². The highest BCUT2D eigenvalue weighted by Crippen LogP contribution is 2.48. The molecule has 0 saturated heterocycles. The van der Waals surface area contributed by atoms with E-state index in [0.29, 0.717) is 11.8 Å². The normalized spacial score (nSPS) is 15.5. The standard InChI is InChI=1S/C52H48N2S/c1-5-15-37(16-6-1)39-25-29-43(30-26-39)53(41-19-9-3-10-20-41)45-33-34-50-48(35-45)52-47-24-14-13-23-46(47)49(36-51(52)55-50)54(42-21-11-4-12-22-42)44-31-27-40(28-32-44)38-17-7-2-8-18-38/h3-4,9-14,19-38H,1-2,5-8,15-18H2. The molecular formula is C52H48N2S. The predicted octanol–water partition coefficient (Wildman–Crippen LogP) is 16.2. The lowest BCUT2D eigenvalue weighted by Gasteiger charge is -2.28. The number of hydrogen-bond donors (Lipinski definition) is 0. The number of hydrogen-bond acceptors (Lipinski definition) is 3. The predicted molar refractivity (Wildman–Crippen MR) is 238 cm³/mol. The lowest BCUT2D eigenvalue weighted by Crippen LogP contribution is -2.11. The second kappa shape index (κ2) is 15.0. The van der Waals surface area contributed by atoms with Crippen LogP contribution in [-0.2, 0) is 0 Å². The van der Waals surface area contributed by atoms with Crippen LogP contribution in [0.1, 0.15) is 87.2 Å². The summed E-state index contributed by atoms with van der Waals surface area (Å²) in [5.41, 5.74) is 10.1. The molecule has 7 aromatic carbocycles. The molecule has 2 fully saturated rings. The van der Waals surface area contributed by atoms with Crippen LogP contribution in [-0.4, -0.2) is 0 Å². The minimum absolute atomic E-state index is 0.687. The molecule has 2 nitrogen and oxygen atoms in total. The van der Waals surface area contributed by atoms with Gasteiger partial charge in [-0.15, -0.1) is 11.3 Å². The zero-order chi connectivity index (χ0) is 36.6. The van der Waals surface area contributed by atoms with E-state index in [1.807, 2.05) is 11.3 Å². The van der Waals surface area contributed by atoms with Crippen molar-refractivity contribution in [3.63, 3.8) is 0 Å². The average Bonchev–Trinajstić information content (AvgIpc) is 3.64. The van der Waals surface area contributed by atoms with E-state index in [1.165, 1.54) is 140 Å². The summed E-state index contributed by atoms with van der Waals surface area (Å²) in [6, 6.07) is 59.3. The Morgan fingerprint density at radius 2 is 0.836 bits per heavy atom. The summed E-state index contributed by atoms with van der Waals surface area (Å²) in [4.78, 5) is 4.90. The van der Waals surface area contributed by atoms with E-state index in [4.69, 9.17) is 0 Å². The smallest absolute Gasteiger partial charge is 0.0554 e. The van der Waals surface area contributed by atoms with Gasteiger partial charge in [0.1, 0.15) is 0 Å². The van der Waals surface area contributed by atoms with Crippen LogP contribution in [0.4, 0.5) is 34.1 Å². The van der Waals surface area contributed by atoms with Crippen molar-refractivity contribution in [1.29, 1.82) is 0 Å². The van der Waals surface area contributed by atoms with Gasteiger partial charge < -0.3 is 9.80 Å². The third kappa shape index (κ3) is 6.59. The Balaban J connectivity index is 1.10. The van der Waals surface area contributed by atoms with Crippen LogP contribution < -0.4 is 9.80 Å². The van der Waals surface area contributed by atoms with E-state index in [2.05, 4.69) is 168 Å². The van der Waals surface area contributed by atoms with Crippen LogP contribution in [0.5, 0.6) is 0 Å². The quantitative estimate of drug-likeness (QED) is 0.153. The maximum absolute atomic E-state index is 2.47. The molecule has 0 spiro atoms. The molecule has 2 aliphatic rings. The maximum atomic E-state index is 2.47. The first-order valence-electron chi connectivity index (χ1n) is 20.6. The molecule has 8 aromatic rings. The van der Waals surface area contributed by atoms with Crippen molar-refractivity contribution in [3.8, 4) is 0 Å². The number of benzene rings is 7. The van der Waals surface area contributed by atoms with Crippen molar-refractivity contribution in [2.45, 2.75) is 76.0 Å². The first-order chi connectivity index (χ1) is 27.3. The summed E-state index contributed by atoms with van der Waals surface area (Å²) in [6.07, 6.45) is 13.4. The van der Waals surface area contributed by atoms with Crippen molar-refractivity contribution in [3.05, 3.63) is 169 Å². The minimum atomic E-state index is 0.687. The molecule has 55 heavy (non-hydrogen) atoms. The Kier molecular flexibility index (Phi) is 9.33. The molecule has 2 aliphatic carbocycles. The Morgan fingerprint density at radius 1 is 0.364 bits per heavy atom. The molecule has 0 bridgehead atoms. The van der Waals surface area contributed by atoms with Crippen molar-refractivity contribution in [1.82, 2.24) is 0 Å². The van der Waals surface area contributed by atoms with E-state index >= 15 is 0 Å². The lowest BCUT2D eigenvalue weighted by molar-refractivity contribution is 0.443. The van der Waals surface area contributed by atoms with Crippen LogP contribution >= 0.6 is 11.3 Å². The van der Waals surface area contributed by atoms with Gasteiger partial charge in [-0.1, -0.05) is 123 Å². The topological polar surface area (TPSA) is 6.48 Å². The van der Waals surface area contributed by atoms with Crippen LogP contribution in [0, 0.1) is 0 Å². The molecule has 2 saturated carbocycles. The van der Waals surface area contributed by atoms with Gasteiger partial charge >= 0.3 is 0 Å². The Labute approximate surface area is 329 Å². The third-order valence-electron chi connectivity index (χ3n) is 12.4. The molecule has 0 unspecified atom stereocenters. The van der Waals surface area contributed by atoms with E-state index in [1.54, 1.807) is 0 Å². The van der Waals surface area contributed by atoms with E-state index in [0.717, 1.165) is 0 Å². The van der Waals surface area contributed by atoms with Gasteiger partial charge in [-0.2, -0.15) is 0 Å². The summed E-state index contributed by atoms with van der Waals surface area (Å²) in [7, 11) is 0. The molecule has 10 rings (SSSR count). The number of thiophene rings is 1. The molecular weight excluding hydrogens is 685 g/mol. The fourth-order valence-corrected chi connectivity index (χ4v) is 10.8. The molecule has 3 heteroatoms. The lowest BCUT2D eigenvalue weighted by atomic mass is 9.84. The molecule has 1 aromatic heterocycles. The number of nitrogens with zero attached hydrogens (tertiary/aromatic N) is 2. The van der Waals surface area contributed by atoms with Gasteiger partial charge in [0.15, 0.2) is 0 Å². The molecule has 1 heterocycles. The Hall–Kier alpha value is -5.38. The minimum Gasteiger partial charge on any atom is -0.310 e. The second-order valence-electron chi connectivity index (χ2n) is 15.8. The van der Waals surface area contributed by atoms with Crippen molar-refractivity contribution < 1.29 is 0 Å². The maximum Gasteiger partial charge on any atom is 0.0554 e. The Morgan fingerprint density at radius 3 is 1.42 bits per heavy atom. The van der Waals surface area contributed by atoms with Crippen molar-refractivity contribution >= 4 is 76.4 Å². The summed E-state index contributed by atoms with van der Waals surface area (Å²) < 4.78 is 2.62. The zero-order valence-corrected chi connectivity index (χ0v) is 32.4. The molecule has 0 N–H and O–H groups in total. The van der Waals surface area contributed by atoms with Crippen LogP contribution in [0.2, 0.25) is 0 Å². The van der Waals surface area contributed by atoms with E-state index in [9.17, 15) is 0 Å². The van der Waals surface area contributed by atoms with Gasteiger partial charge in [0.2, 0.25) is 0 Å². The first-order valence-corrected chi connectivity index (χ1v) is 21.4. The van der Waals surface area contributed by atoms with Crippen LogP contribution in [0.15, 0.2) is 158 Å².